The lowest BCUT2D eigenvalue weighted by atomic mass is 9.99. The number of halogens is 3. The summed E-state index contributed by atoms with van der Waals surface area (Å²) >= 11 is 0. The minimum Gasteiger partial charge on any atom is -0.404 e. The summed E-state index contributed by atoms with van der Waals surface area (Å²) in [4.78, 5) is 2.09. The third kappa shape index (κ3) is 2.82. The van der Waals surface area contributed by atoms with Crippen molar-refractivity contribution in [2.45, 2.75) is 19.3 Å². The maximum atomic E-state index is 12.1. The highest BCUT2D eigenvalue weighted by Crippen LogP contribution is 2.33. The van der Waals surface area contributed by atoms with Crippen LogP contribution in [0.15, 0.2) is 12.1 Å². The summed E-state index contributed by atoms with van der Waals surface area (Å²) in [7, 11) is 1.96. The van der Waals surface area contributed by atoms with E-state index < -0.39 is 6.36 Å². The van der Waals surface area contributed by atoms with Crippen molar-refractivity contribution in [3.05, 3.63) is 23.3 Å². The van der Waals surface area contributed by atoms with Gasteiger partial charge in [0.2, 0.25) is 0 Å². The summed E-state index contributed by atoms with van der Waals surface area (Å²) in [5, 5.41) is 0. The van der Waals surface area contributed by atoms with Gasteiger partial charge in [-0.3, -0.25) is 0 Å². The van der Waals surface area contributed by atoms with Gasteiger partial charge in [0.25, 0.3) is 0 Å². The first-order valence-corrected chi connectivity index (χ1v) is 5.21. The molecule has 2 N–H and O–H groups in total. The molecule has 2 rings (SSSR count). The minimum absolute atomic E-state index is 0.0244. The second kappa shape index (κ2) is 4.10. The first kappa shape index (κ1) is 12.0. The lowest BCUT2D eigenvalue weighted by Gasteiger charge is -2.26. The quantitative estimate of drug-likeness (QED) is 0.772. The molecule has 0 unspecified atom stereocenters. The Hall–Kier alpha value is -1.43. The van der Waals surface area contributed by atoms with Crippen LogP contribution in [0.5, 0.6) is 5.75 Å². The van der Waals surface area contributed by atoms with Gasteiger partial charge in [0.1, 0.15) is 0 Å². The summed E-state index contributed by atoms with van der Waals surface area (Å²) in [5.41, 5.74) is 7.41. The van der Waals surface area contributed by atoms with Gasteiger partial charge in [0.05, 0.1) is 5.69 Å². The van der Waals surface area contributed by atoms with Gasteiger partial charge >= 0.3 is 6.36 Å². The number of nitrogens with zero attached hydrogens (tertiary/aromatic N) is 1. The number of likely N-dealkylation sites (N-methyl/N-ethyl adjacent to an activating group) is 1. The molecule has 0 radical (unpaired) electrons. The van der Waals surface area contributed by atoms with E-state index in [0.29, 0.717) is 13.0 Å². The monoisotopic (exact) mass is 246 g/mol. The first-order chi connectivity index (χ1) is 7.85. The summed E-state index contributed by atoms with van der Waals surface area (Å²) in [6.07, 6.45) is -3.99. The molecule has 1 aliphatic heterocycles. The van der Waals surface area contributed by atoms with E-state index in [-0.39, 0.29) is 11.4 Å². The van der Waals surface area contributed by atoms with Gasteiger partial charge in [0, 0.05) is 13.1 Å². The molecule has 0 aromatic heterocycles. The number of nitrogen functional groups attached to an aromatic ring is 1. The number of nitrogens with two attached hydrogens (primary N) is 1. The van der Waals surface area contributed by atoms with Crippen molar-refractivity contribution in [2.75, 3.05) is 19.3 Å². The van der Waals surface area contributed by atoms with Crippen molar-refractivity contribution >= 4 is 5.69 Å². The third-order valence-electron chi connectivity index (χ3n) is 2.76. The molecule has 0 saturated heterocycles. The molecule has 1 heterocycles. The van der Waals surface area contributed by atoms with E-state index in [9.17, 15) is 13.2 Å². The lowest BCUT2D eigenvalue weighted by molar-refractivity contribution is -0.274. The molecule has 0 aliphatic carbocycles. The number of fused-ring (bicyclic) bond motifs is 1. The molecule has 17 heavy (non-hydrogen) atoms. The molecular weight excluding hydrogens is 233 g/mol. The van der Waals surface area contributed by atoms with Crippen LogP contribution >= 0.6 is 0 Å². The van der Waals surface area contributed by atoms with Crippen LogP contribution < -0.4 is 10.5 Å². The Labute approximate surface area is 97.0 Å². The Morgan fingerprint density at radius 2 is 2.00 bits per heavy atom. The predicted octanol–water partition coefficient (Wildman–Crippen LogP) is 2.16. The largest absolute Gasteiger partial charge is 0.573 e. The number of hydrogen-bond acceptors (Lipinski definition) is 3. The van der Waals surface area contributed by atoms with Gasteiger partial charge in [-0.1, -0.05) is 0 Å². The SMILES string of the molecule is CN1CCc2cc(OC(F)(F)F)c(N)cc2C1. The summed E-state index contributed by atoms with van der Waals surface area (Å²) in [6, 6.07) is 2.96. The molecule has 1 aromatic rings. The van der Waals surface area contributed by atoms with Crippen LogP contribution in [0.2, 0.25) is 0 Å². The minimum atomic E-state index is -4.70. The van der Waals surface area contributed by atoms with Crippen molar-refractivity contribution in [3.8, 4) is 5.75 Å². The fourth-order valence-electron chi connectivity index (χ4n) is 1.96. The molecule has 0 spiro atoms. The zero-order valence-electron chi connectivity index (χ0n) is 9.34. The number of ether oxygens (including phenoxy) is 1. The highest BCUT2D eigenvalue weighted by molar-refractivity contribution is 5.57. The Morgan fingerprint density at radius 1 is 1.29 bits per heavy atom. The summed E-state index contributed by atoms with van der Waals surface area (Å²) in [6.45, 7) is 1.52. The van der Waals surface area contributed by atoms with Crippen molar-refractivity contribution in [3.63, 3.8) is 0 Å². The van der Waals surface area contributed by atoms with Gasteiger partial charge in [-0.2, -0.15) is 0 Å². The standard InChI is InChI=1S/C11H13F3N2O/c1-16-3-2-7-5-10(17-11(12,13)14)9(15)4-8(7)6-16/h4-5H,2-3,6,15H2,1H3. The molecule has 0 fully saturated rings. The topological polar surface area (TPSA) is 38.5 Å². The van der Waals surface area contributed by atoms with E-state index in [0.717, 1.165) is 17.7 Å². The van der Waals surface area contributed by atoms with E-state index >= 15 is 0 Å². The normalized spacial score (nSPS) is 16.7. The van der Waals surface area contributed by atoms with E-state index in [2.05, 4.69) is 9.64 Å². The molecule has 1 aliphatic rings. The zero-order chi connectivity index (χ0) is 12.6. The van der Waals surface area contributed by atoms with Crippen molar-refractivity contribution in [2.24, 2.45) is 0 Å². The molecule has 3 nitrogen and oxygen atoms in total. The Balaban J connectivity index is 2.31. The van der Waals surface area contributed by atoms with Gasteiger partial charge < -0.3 is 15.4 Å². The number of hydrogen-bond donors (Lipinski definition) is 1. The molecule has 0 amide bonds. The van der Waals surface area contributed by atoms with E-state index in [1.54, 1.807) is 6.07 Å². The predicted molar refractivity (Wildman–Crippen MR) is 57.6 cm³/mol. The van der Waals surface area contributed by atoms with Crippen LogP contribution in [0.25, 0.3) is 0 Å². The van der Waals surface area contributed by atoms with Crippen LogP contribution in [0.4, 0.5) is 18.9 Å². The molecular formula is C11H13F3N2O. The second-order valence-corrected chi connectivity index (χ2v) is 4.19. The molecule has 0 atom stereocenters. The molecule has 6 heteroatoms. The third-order valence-corrected chi connectivity index (χ3v) is 2.76. The van der Waals surface area contributed by atoms with E-state index in [1.807, 2.05) is 7.05 Å². The number of anilines is 1. The highest BCUT2D eigenvalue weighted by atomic mass is 19.4. The molecule has 0 bridgehead atoms. The van der Waals surface area contributed by atoms with Crippen LogP contribution in [0.1, 0.15) is 11.1 Å². The summed E-state index contributed by atoms with van der Waals surface area (Å²) in [5.74, 6) is -0.305. The van der Waals surface area contributed by atoms with Gasteiger partial charge in [-0.05, 0) is 36.7 Å². The lowest BCUT2D eigenvalue weighted by Crippen LogP contribution is -2.27. The Kier molecular flexibility index (Phi) is 2.91. The number of benzene rings is 1. The van der Waals surface area contributed by atoms with Crippen LogP contribution in [0, 0.1) is 0 Å². The molecule has 0 saturated carbocycles. The van der Waals surface area contributed by atoms with Gasteiger partial charge in [-0.25, -0.2) is 0 Å². The van der Waals surface area contributed by atoms with Crippen molar-refractivity contribution in [1.82, 2.24) is 4.90 Å². The average Bonchev–Trinajstić information content (AvgIpc) is 2.17. The second-order valence-electron chi connectivity index (χ2n) is 4.19. The maximum absolute atomic E-state index is 12.1. The Bertz CT molecular complexity index is 431. The highest BCUT2D eigenvalue weighted by Gasteiger charge is 2.32. The first-order valence-electron chi connectivity index (χ1n) is 5.21. The van der Waals surface area contributed by atoms with Crippen LogP contribution in [0.3, 0.4) is 0 Å². The van der Waals surface area contributed by atoms with Crippen LogP contribution in [-0.2, 0) is 13.0 Å². The van der Waals surface area contributed by atoms with Crippen molar-refractivity contribution in [1.29, 1.82) is 0 Å². The maximum Gasteiger partial charge on any atom is 0.573 e. The van der Waals surface area contributed by atoms with Crippen LogP contribution in [-0.4, -0.2) is 24.9 Å². The smallest absolute Gasteiger partial charge is 0.404 e. The van der Waals surface area contributed by atoms with Gasteiger partial charge in [-0.15, -0.1) is 13.2 Å². The van der Waals surface area contributed by atoms with Crippen molar-refractivity contribution < 1.29 is 17.9 Å². The fourth-order valence-corrected chi connectivity index (χ4v) is 1.96. The average molecular weight is 246 g/mol. The number of rotatable bonds is 1. The van der Waals surface area contributed by atoms with Gasteiger partial charge in [0.15, 0.2) is 5.75 Å². The van der Waals surface area contributed by atoms with E-state index in [1.165, 1.54) is 6.07 Å². The Morgan fingerprint density at radius 3 is 2.65 bits per heavy atom. The fraction of sp³-hybridized carbons (Fsp3) is 0.455. The molecule has 1 aromatic carbocycles. The van der Waals surface area contributed by atoms with E-state index in [4.69, 9.17) is 5.73 Å². The zero-order valence-corrected chi connectivity index (χ0v) is 9.34. The summed E-state index contributed by atoms with van der Waals surface area (Å²) < 4.78 is 40.3. The number of alkyl halides is 3. The molecule has 94 valence electrons.